The zero-order valence-electron chi connectivity index (χ0n) is 23.0. The minimum atomic E-state index is -1.02. The van der Waals surface area contributed by atoms with Gasteiger partial charge in [0.1, 0.15) is 11.4 Å². The van der Waals surface area contributed by atoms with Crippen molar-refractivity contribution in [3.05, 3.63) is 112 Å². The number of aryl methyl sites for hydroxylation is 4. The third-order valence-corrected chi connectivity index (χ3v) is 7.70. The normalized spacial score (nSPS) is 11.0. The fraction of sp³-hybridized carbons (Fsp3) is 0.182. The van der Waals surface area contributed by atoms with Gasteiger partial charge in [-0.25, -0.2) is 4.79 Å². The van der Waals surface area contributed by atoms with Crippen LogP contribution in [0.3, 0.4) is 0 Å². The van der Waals surface area contributed by atoms with Crippen molar-refractivity contribution >= 4 is 40.1 Å². The number of carbonyl (C=O) groups is 2. The maximum atomic E-state index is 13.6. The third kappa shape index (κ3) is 5.95. The van der Waals surface area contributed by atoms with Crippen molar-refractivity contribution in [3.8, 4) is 16.9 Å². The fourth-order valence-corrected chi connectivity index (χ4v) is 5.15. The molecule has 1 amide bonds. The van der Waals surface area contributed by atoms with E-state index in [0.29, 0.717) is 30.8 Å². The van der Waals surface area contributed by atoms with E-state index in [2.05, 4.69) is 15.3 Å². The lowest BCUT2D eigenvalue weighted by atomic mass is 9.99. The molecule has 2 aromatic heterocycles. The number of fused-ring (bicyclic) bond motifs is 1. The number of carboxylic acid groups (broad SMARTS) is 1. The lowest BCUT2D eigenvalue weighted by Gasteiger charge is -2.11. The molecule has 5 aromatic rings. The highest BCUT2D eigenvalue weighted by Crippen LogP contribution is 2.34. The third-order valence-electron chi connectivity index (χ3n) is 7.11. The maximum absolute atomic E-state index is 13.6. The molecule has 3 N–H and O–H groups in total. The van der Waals surface area contributed by atoms with Crippen molar-refractivity contribution in [1.29, 1.82) is 0 Å². The van der Waals surface area contributed by atoms with Crippen LogP contribution in [0.5, 0.6) is 5.75 Å². The van der Waals surface area contributed by atoms with Gasteiger partial charge in [0.15, 0.2) is 0 Å². The van der Waals surface area contributed by atoms with E-state index in [1.807, 2.05) is 63.2 Å². The number of aromatic amines is 1. The van der Waals surface area contributed by atoms with Gasteiger partial charge in [0, 0.05) is 39.1 Å². The first-order valence-corrected chi connectivity index (χ1v) is 13.7. The van der Waals surface area contributed by atoms with Gasteiger partial charge in [0.2, 0.25) is 0 Å². The van der Waals surface area contributed by atoms with Crippen molar-refractivity contribution in [3.63, 3.8) is 0 Å². The highest BCUT2D eigenvalue weighted by Gasteiger charge is 2.21. The summed E-state index contributed by atoms with van der Waals surface area (Å²) in [5.74, 6) is -0.566. The number of hydrogen-bond acceptors (Lipinski definition) is 4. The van der Waals surface area contributed by atoms with E-state index < -0.39 is 5.97 Å². The molecule has 0 saturated heterocycles. The van der Waals surface area contributed by atoms with E-state index in [0.717, 1.165) is 55.2 Å². The minimum absolute atomic E-state index is 0.150. The molecule has 0 aliphatic rings. The summed E-state index contributed by atoms with van der Waals surface area (Å²) >= 11 is 6.30. The summed E-state index contributed by atoms with van der Waals surface area (Å²) in [5, 5.41) is 13.8. The van der Waals surface area contributed by atoms with Gasteiger partial charge in [0.05, 0.1) is 17.7 Å². The quantitative estimate of drug-likeness (QED) is 0.158. The number of halogens is 1. The standard InChI is InChI=1S/C33H30ClN3O4/c1-19-17-24(18-20(2)29(19)34)41-16-6-10-28-27-8-4-7-26(25-9-5-15-35-21(25)3)30(27)37-31(28)32(38)36-23-13-11-22(12-14-23)33(39)40/h4-5,7-9,11-15,17-18,37H,6,10,16H2,1-3H3,(H,36,38)(H,39,40). The molecule has 0 saturated carbocycles. The van der Waals surface area contributed by atoms with E-state index in [1.165, 1.54) is 12.1 Å². The molecule has 2 heterocycles. The summed E-state index contributed by atoms with van der Waals surface area (Å²) in [4.78, 5) is 32.7. The van der Waals surface area contributed by atoms with E-state index in [9.17, 15) is 14.7 Å². The predicted octanol–water partition coefficient (Wildman–Crippen LogP) is 7.77. The van der Waals surface area contributed by atoms with Crippen molar-refractivity contribution in [1.82, 2.24) is 9.97 Å². The number of para-hydroxylation sites is 1. The molecule has 7 nitrogen and oxygen atoms in total. The largest absolute Gasteiger partial charge is 0.494 e. The number of H-pyrrole nitrogens is 1. The average Bonchev–Trinajstić information content (AvgIpc) is 3.33. The number of aromatic nitrogens is 2. The number of nitrogens with one attached hydrogen (secondary N) is 2. The SMILES string of the molecule is Cc1cc(OCCCc2c(C(=O)Nc3ccc(C(=O)O)cc3)[nH]c3c(-c4cccnc4C)cccc23)cc(C)c1Cl. The molecular formula is C33H30ClN3O4. The lowest BCUT2D eigenvalue weighted by molar-refractivity contribution is 0.0696. The summed E-state index contributed by atoms with van der Waals surface area (Å²) in [6, 6.07) is 19.9. The summed E-state index contributed by atoms with van der Waals surface area (Å²) in [6.45, 7) is 6.34. The van der Waals surface area contributed by atoms with Gasteiger partial charge in [-0.05, 0) is 92.8 Å². The second-order valence-corrected chi connectivity index (χ2v) is 10.4. The van der Waals surface area contributed by atoms with Gasteiger partial charge in [-0.1, -0.05) is 35.9 Å². The number of nitrogens with zero attached hydrogens (tertiary/aromatic N) is 1. The lowest BCUT2D eigenvalue weighted by Crippen LogP contribution is -2.15. The van der Waals surface area contributed by atoms with Gasteiger partial charge in [-0.3, -0.25) is 9.78 Å². The molecule has 3 aromatic carbocycles. The van der Waals surface area contributed by atoms with Crippen LogP contribution in [0.1, 0.15) is 49.7 Å². The van der Waals surface area contributed by atoms with Crippen LogP contribution >= 0.6 is 11.6 Å². The first-order chi connectivity index (χ1) is 19.7. The number of benzene rings is 3. The average molecular weight is 568 g/mol. The Morgan fingerprint density at radius 3 is 2.37 bits per heavy atom. The Hall–Kier alpha value is -4.62. The first-order valence-electron chi connectivity index (χ1n) is 13.3. The van der Waals surface area contributed by atoms with Gasteiger partial charge < -0.3 is 20.1 Å². The molecule has 0 aliphatic heterocycles. The van der Waals surface area contributed by atoms with Gasteiger partial charge in [0.25, 0.3) is 5.91 Å². The van der Waals surface area contributed by atoms with E-state index >= 15 is 0 Å². The molecule has 0 radical (unpaired) electrons. The van der Waals surface area contributed by atoms with Crippen molar-refractivity contribution in [2.45, 2.75) is 33.6 Å². The molecule has 0 spiro atoms. The Kier molecular flexibility index (Phi) is 8.08. The number of amides is 1. The molecule has 0 aliphatic carbocycles. The molecule has 0 bridgehead atoms. The van der Waals surface area contributed by atoms with E-state index in [-0.39, 0.29) is 11.5 Å². The second-order valence-electron chi connectivity index (χ2n) is 10.0. The molecule has 8 heteroatoms. The Bertz CT molecular complexity index is 1740. The molecule has 0 fully saturated rings. The molecule has 5 rings (SSSR count). The van der Waals surface area contributed by atoms with Crippen LogP contribution in [-0.2, 0) is 6.42 Å². The number of carboxylic acids is 1. The van der Waals surface area contributed by atoms with Crippen LogP contribution in [-0.4, -0.2) is 33.6 Å². The smallest absolute Gasteiger partial charge is 0.335 e. The first kappa shape index (κ1) is 27.9. The number of ether oxygens (including phenoxy) is 1. The summed E-state index contributed by atoms with van der Waals surface area (Å²) < 4.78 is 6.04. The number of pyridine rings is 1. The van der Waals surface area contributed by atoms with Crippen LogP contribution in [0, 0.1) is 20.8 Å². The van der Waals surface area contributed by atoms with Crippen LogP contribution in [0.15, 0.2) is 72.9 Å². The Morgan fingerprint density at radius 2 is 1.68 bits per heavy atom. The highest BCUT2D eigenvalue weighted by atomic mass is 35.5. The van der Waals surface area contributed by atoms with Crippen molar-refractivity contribution in [2.24, 2.45) is 0 Å². The molecule has 0 unspecified atom stereocenters. The minimum Gasteiger partial charge on any atom is -0.494 e. The second kappa shape index (κ2) is 11.9. The number of aromatic carboxylic acids is 1. The van der Waals surface area contributed by atoms with Crippen LogP contribution in [0.2, 0.25) is 5.02 Å². The topological polar surface area (TPSA) is 104 Å². The van der Waals surface area contributed by atoms with Crippen LogP contribution in [0.25, 0.3) is 22.0 Å². The predicted molar refractivity (Wildman–Crippen MR) is 162 cm³/mol. The molecular weight excluding hydrogens is 538 g/mol. The number of anilines is 1. The van der Waals surface area contributed by atoms with Crippen molar-refractivity contribution in [2.75, 3.05) is 11.9 Å². The van der Waals surface area contributed by atoms with E-state index in [4.69, 9.17) is 16.3 Å². The Morgan fingerprint density at radius 1 is 0.976 bits per heavy atom. The number of hydrogen-bond donors (Lipinski definition) is 3. The summed E-state index contributed by atoms with van der Waals surface area (Å²) in [6.07, 6.45) is 3.04. The summed E-state index contributed by atoms with van der Waals surface area (Å²) in [5.41, 5.74) is 7.61. The van der Waals surface area contributed by atoms with Crippen LogP contribution in [0.4, 0.5) is 5.69 Å². The maximum Gasteiger partial charge on any atom is 0.335 e. The van der Waals surface area contributed by atoms with Gasteiger partial charge in [-0.15, -0.1) is 0 Å². The molecule has 41 heavy (non-hydrogen) atoms. The van der Waals surface area contributed by atoms with Crippen molar-refractivity contribution < 1.29 is 19.4 Å². The summed E-state index contributed by atoms with van der Waals surface area (Å²) in [7, 11) is 0. The monoisotopic (exact) mass is 567 g/mol. The number of rotatable bonds is 9. The zero-order chi connectivity index (χ0) is 29.1. The highest BCUT2D eigenvalue weighted by molar-refractivity contribution is 6.32. The molecule has 0 atom stereocenters. The Balaban J connectivity index is 1.46. The Labute approximate surface area is 243 Å². The zero-order valence-corrected chi connectivity index (χ0v) is 23.8. The fourth-order valence-electron chi connectivity index (χ4n) is 5.04. The van der Waals surface area contributed by atoms with Crippen LogP contribution < -0.4 is 10.1 Å². The van der Waals surface area contributed by atoms with Gasteiger partial charge in [-0.2, -0.15) is 0 Å². The molecule has 208 valence electrons. The van der Waals surface area contributed by atoms with E-state index in [1.54, 1.807) is 18.3 Å². The van der Waals surface area contributed by atoms with Gasteiger partial charge >= 0.3 is 5.97 Å². The number of carbonyl (C=O) groups excluding carboxylic acids is 1.